The van der Waals surface area contributed by atoms with Crippen LogP contribution in [0.1, 0.15) is 27.7 Å². The van der Waals surface area contributed by atoms with Crippen LogP contribution in [0.4, 0.5) is 0 Å². The Balaban J connectivity index is 2.33. The van der Waals surface area contributed by atoms with E-state index < -0.39 is 6.10 Å². The van der Waals surface area contributed by atoms with Gasteiger partial charge in [0.15, 0.2) is 0 Å². The number of carbonyl (C=O) groups is 1. The monoisotopic (exact) mass is 295 g/mol. The van der Waals surface area contributed by atoms with Crippen LogP contribution < -0.4 is 5.32 Å². The van der Waals surface area contributed by atoms with E-state index in [1.165, 1.54) is 4.90 Å². The second-order valence-corrected chi connectivity index (χ2v) is 7.25. The van der Waals surface area contributed by atoms with Crippen LogP contribution in [-0.4, -0.2) is 29.4 Å². The predicted molar refractivity (Wildman–Crippen MR) is 84.8 cm³/mol. The van der Waals surface area contributed by atoms with Gasteiger partial charge in [0.25, 0.3) is 0 Å². The lowest BCUT2D eigenvalue weighted by Crippen LogP contribution is -2.41. The Morgan fingerprint density at radius 3 is 2.45 bits per heavy atom. The van der Waals surface area contributed by atoms with Gasteiger partial charge in [-0.3, -0.25) is 4.79 Å². The van der Waals surface area contributed by atoms with E-state index in [2.05, 4.69) is 5.32 Å². The highest BCUT2D eigenvalue weighted by atomic mass is 32.2. The van der Waals surface area contributed by atoms with Crippen LogP contribution in [0, 0.1) is 11.3 Å². The number of aliphatic hydroxyl groups excluding tert-OH is 1. The number of benzene rings is 1. The quantitative estimate of drug-likeness (QED) is 0.793. The van der Waals surface area contributed by atoms with E-state index in [0.29, 0.717) is 6.54 Å². The molecule has 0 aliphatic heterocycles. The molecule has 0 fully saturated rings. The first kappa shape index (κ1) is 17.1. The Morgan fingerprint density at radius 1 is 1.30 bits per heavy atom. The van der Waals surface area contributed by atoms with E-state index in [4.69, 9.17) is 0 Å². The van der Waals surface area contributed by atoms with E-state index in [1.807, 2.05) is 58.0 Å². The molecule has 0 radical (unpaired) electrons. The highest BCUT2D eigenvalue weighted by molar-refractivity contribution is 7.99. The molecule has 1 amide bonds. The Bertz CT molecular complexity index is 414. The van der Waals surface area contributed by atoms with Crippen molar-refractivity contribution >= 4 is 17.7 Å². The summed E-state index contributed by atoms with van der Waals surface area (Å²) in [5.41, 5.74) is -0.213. The third-order valence-electron chi connectivity index (χ3n) is 3.16. The summed E-state index contributed by atoms with van der Waals surface area (Å²) < 4.78 is 0. The molecule has 0 saturated heterocycles. The summed E-state index contributed by atoms with van der Waals surface area (Å²) in [5, 5.41) is 12.7. The minimum absolute atomic E-state index is 0.00303. The van der Waals surface area contributed by atoms with Gasteiger partial charge in [0.05, 0.1) is 6.10 Å². The van der Waals surface area contributed by atoms with Crippen LogP contribution >= 0.6 is 11.8 Å². The van der Waals surface area contributed by atoms with E-state index in [-0.39, 0.29) is 17.2 Å². The number of hydrogen-bond acceptors (Lipinski definition) is 3. The highest BCUT2D eigenvalue weighted by Gasteiger charge is 2.23. The third-order valence-corrected chi connectivity index (χ3v) is 4.43. The molecule has 112 valence electrons. The molecule has 2 N–H and O–H groups in total. The van der Waals surface area contributed by atoms with Crippen molar-refractivity contribution in [1.29, 1.82) is 0 Å². The van der Waals surface area contributed by atoms with Crippen LogP contribution in [0.2, 0.25) is 0 Å². The summed E-state index contributed by atoms with van der Waals surface area (Å²) in [6.45, 7) is 8.09. The molecule has 0 heterocycles. The topological polar surface area (TPSA) is 49.3 Å². The second-order valence-electron chi connectivity index (χ2n) is 6.15. The largest absolute Gasteiger partial charge is 0.391 e. The molecular formula is C16H25NO2S. The molecule has 1 aromatic carbocycles. The summed E-state index contributed by atoms with van der Waals surface area (Å²) in [6, 6.07) is 10.0. The Hall–Kier alpha value is -1.00. The SMILES string of the molecule is CC(CSc1ccccc1)C(=O)NCC(O)C(C)(C)C. The molecule has 2 atom stereocenters. The Kier molecular flexibility index (Phi) is 6.56. The van der Waals surface area contributed by atoms with Crippen LogP contribution in [0.5, 0.6) is 0 Å². The van der Waals surface area contributed by atoms with Crippen molar-refractivity contribution < 1.29 is 9.90 Å². The van der Waals surface area contributed by atoms with Crippen LogP contribution in [-0.2, 0) is 4.79 Å². The van der Waals surface area contributed by atoms with E-state index >= 15 is 0 Å². The van der Waals surface area contributed by atoms with Gasteiger partial charge in [-0.15, -0.1) is 11.8 Å². The van der Waals surface area contributed by atoms with Gasteiger partial charge in [-0.25, -0.2) is 0 Å². The maximum absolute atomic E-state index is 12.0. The maximum atomic E-state index is 12.0. The molecule has 0 bridgehead atoms. The Morgan fingerprint density at radius 2 is 1.90 bits per heavy atom. The van der Waals surface area contributed by atoms with E-state index in [9.17, 15) is 9.90 Å². The standard InChI is InChI=1S/C16H25NO2S/c1-12(11-20-13-8-6-5-7-9-13)15(19)17-10-14(18)16(2,3)4/h5-9,12,14,18H,10-11H2,1-4H3,(H,17,19). The fourth-order valence-corrected chi connectivity index (χ4v) is 2.43. The van der Waals surface area contributed by atoms with Crippen LogP contribution in [0.25, 0.3) is 0 Å². The lowest BCUT2D eigenvalue weighted by atomic mass is 9.89. The molecule has 4 heteroatoms. The predicted octanol–water partition coefficient (Wildman–Crippen LogP) is 2.94. The van der Waals surface area contributed by atoms with E-state index in [0.717, 1.165) is 5.75 Å². The summed E-state index contributed by atoms with van der Waals surface area (Å²) in [7, 11) is 0. The zero-order valence-corrected chi connectivity index (χ0v) is 13.5. The number of hydrogen-bond donors (Lipinski definition) is 2. The van der Waals surface area contributed by atoms with Crippen molar-refractivity contribution in [1.82, 2.24) is 5.32 Å². The number of aliphatic hydroxyl groups is 1. The van der Waals surface area contributed by atoms with Crippen molar-refractivity contribution in [3.8, 4) is 0 Å². The zero-order chi connectivity index (χ0) is 15.2. The van der Waals surface area contributed by atoms with Gasteiger partial charge in [-0.1, -0.05) is 45.9 Å². The van der Waals surface area contributed by atoms with Gasteiger partial charge in [-0.05, 0) is 17.5 Å². The van der Waals surface area contributed by atoms with Crippen LogP contribution in [0.3, 0.4) is 0 Å². The highest BCUT2D eigenvalue weighted by Crippen LogP contribution is 2.21. The third kappa shape index (κ3) is 5.97. The second kappa shape index (κ2) is 7.70. The lowest BCUT2D eigenvalue weighted by molar-refractivity contribution is -0.124. The average Bonchev–Trinajstić information content (AvgIpc) is 2.41. The molecule has 0 aliphatic carbocycles. The molecule has 0 aromatic heterocycles. The van der Waals surface area contributed by atoms with Crippen molar-refractivity contribution in [2.75, 3.05) is 12.3 Å². The van der Waals surface area contributed by atoms with Gasteiger partial charge in [-0.2, -0.15) is 0 Å². The molecule has 1 aromatic rings. The van der Waals surface area contributed by atoms with Gasteiger partial charge in [0, 0.05) is 23.1 Å². The average molecular weight is 295 g/mol. The fraction of sp³-hybridized carbons (Fsp3) is 0.562. The first-order valence-corrected chi connectivity index (χ1v) is 7.93. The number of amides is 1. The van der Waals surface area contributed by atoms with Gasteiger partial charge < -0.3 is 10.4 Å². The van der Waals surface area contributed by atoms with Gasteiger partial charge in [0.1, 0.15) is 0 Å². The minimum atomic E-state index is -0.527. The normalized spacial score (nSPS) is 14.7. The van der Waals surface area contributed by atoms with Gasteiger partial charge >= 0.3 is 0 Å². The molecule has 0 saturated carbocycles. The van der Waals surface area contributed by atoms with E-state index in [1.54, 1.807) is 11.8 Å². The summed E-state index contributed by atoms with van der Waals surface area (Å²) in [4.78, 5) is 13.1. The Labute approximate surface area is 126 Å². The molecule has 3 nitrogen and oxygen atoms in total. The molecular weight excluding hydrogens is 270 g/mol. The van der Waals surface area contributed by atoms with Crippen molar-refractivity contribution in [2.45, 2.75) is 38.7 Å². The summed E-state index contributed by atoms with van der Waals surface area (Å²) in [5.74, 6) is 0.658. The zero-order valence-electron chi connectivity index (χ0n) is 12.7. The molecule has 0 aliphatic rings. The molecule has 1 rings (SSSR count). The number of carbonyl (C=O) groups excluding carboxylic acids is 1. The lowest BCUT2D eigenvalue weighted by Gasteiger charge is -2.26. The van der Waals surface area contributed by atoms with Crippen LogP contribution in [0.15, 0.2) is 35.2 Å². The number of thioether (sulfide) groups is 1. The minimum Gasteiger partial charge on any atom is -0.391 e. The smallest absolute Gasteiger partial charge is 0.223 e. The molecule has 20 heavy (non-hydrogen) atoms. The van der Waals surface area contributed by atoms with Crippen molar-refractivity contribution in [3.05, 3.63) is 30.3 Å². The first-order valence-electron chi connectivity index (χ1n) is 6.94. The number of nitrogens with one attached hydrogen (secondary N) is 1. The summed E-state index contributed by atoms with van der Waals surface area (Å²) in [6.07, 6.45) is -0.527. The summed E-state index contributed by atoms with van der Waals surface area (Å²) >= 11 is 1.67. The van der Waals surface area contributed by atoms with Gasteiger partial charge in [0.2, 0.25) is 5.91 Å². The van der Waals surface area contributed by atoms with Crippen molar-refractivity contribution in [2.24, 2.45) is 11.3 Å². The molecule has 2 unspecified atom stereocenters. The fourth-order valence-electron chi connectivity index (χ4n) is 1.49. The molecule has 0 spiro atoms. The van der Waals surface area contributed by atoms with Crippen molar-refractivity contribution in [3.63, 3.8) is 0 Å². The maximum Gasteiger partial charge on any atom is 0.223 e. The number of rotatable bonds is 6. The first-order chi connectivity index (χ1) is 9.30.